The molecule has 0 spiro atoms. The monoisotopic (exact) mass is 508 g/mol. The van der Waals surface area contributed by atoms with Crippen molar-refractivity contribution in [2.45, 2.75) is 17.1 Å². The van der Waals surface area contributed by atoms with Gasteiger partial charge in [-0.1, -0.05) is 17.4 Å². The number of fused-ring (bicyclic) bond motifs is 1. The molecule has 2 N–H and O–H groups in total. The number of nitro groups is 1. The summed E-state index contributed by atoms with van der Waals surface area (Å²) in [6.07, 6.45) is 0. The van der Waals surface area contributed by atoms with Crippen LogP contribution in [0.5, 0.6) is 5.75 Å². The number of rotatable bonds is 8. The number of non-ortho nitro benzene ring substituents is 1. The highest BCUT2D eigenvalue weighted by Crippen LogP contribution is 2.31. The van der Waals surface area contributed by atoms with E-state index in [1.807, 2.05) is 18.2 Å². The molecule has 0 saturated heterocycles. The van der Waals surface area contributed by atoms with E-state index < -0.39 is 10.8 Å². The fourth-order valence-electron chi connectivity index (χ4n) is 3.13. The van der Waals surface area contributed by atoms with Crippen LogP contribution in [0.25, 0.3) is 10.2 Å². The second-order valence-corrected chi connectivity index (χ2v) is 9.83. The first-order valence-electron chi connectivity index (χ1n) is 10.4. The molecular formula is C24H20N4O5S2. The van der Waals surface area contributed by atoms with Gasteiger partial charge in [-0.2, -0.15) is 0 Å². The summed E-state index contributed by atoms with van der Waals surface area (Å²) in [5.41, 5.74) is 1.36. The van der Waals surface area contributed by atoms with Crippen molar-refractivity contribution in [3.05, 3.63) is 82.4 Å². The zero-order valence-corrected chi connectivity index (χ0v) is 20.3. The van der Waals surface area contributed by atoms with E-state index >= 15 is 0 Å². The van der Waals surface area contributed by atoms with E-state index in [2.05, 4.69) is 15.6 Å². The number of benzene rings is 3. The van der Waals surface area contributed by atoms with Gasteiger partial charge in [0.25, 0.3) is 11.6 Å². The van der Waals surface area contributed by atoms with Crippen LogP contribution in [0.15, 0.2) is 71.6 Å². The highest BCUT2D eigenvalue weighted by Gasteiger charge is 2.17. The van der Waals surface area contributed by atoms with E-state index in [0.29, 0.717) is 10.8 Å². The second kappa shape index (κ2) is 10.5. The van der Waals surface area contributed by atoms with Gasteiger partial charge < -0.3 is 15.4 Å². The van der Waals surface area contributed by atoms with Gasteiger partial charge in [-0.25, -0.2) is 4.98 Å². The summed E-state index contributed by atoms with van der Waals surface area (Å²) in [6, 6.07) is 18.1. The van der Waals surface area contributed by atoms with E-state index in [1.165, 1.54) is 47.4 Å². The first kappa shape index (κ1) is 24.2. The molecule has 4 aromatic rings. The second-order valence-electron chi connectivity index (χ2n) is 7.39. The topological polar surface area (TPSA) is 123 Å². The lowest BCUT2D eigenvalue weighted by Gasteiger charge is -2.11. The van der Waals surface area contributed by atoms with Gasteiger partial charge in [0.1, 0.15) is 5.75 Å². The quantitative estimate of drug-likeness (QED) is 0.181. The molecule has 2 amide bonds. The molecule has 0 aliphatic heterocycles. The average molecular weight is 509 g/mol. The van der Waals surface area contributed by atoms with E-state index in [1.54, 1.807) is 38.3 Å². The number of nitrogens with one attached hydrogen (secondary N) is 2. The SMILES string of the molecule is COc1ccc2nc(NC(=O)C(C)Sc3ccc(NC(=O)c4cccc([N+](=O)[O-])c4)cc3)sc2c1. The van der Waals surface area contributed by atoms with Crippen molar-refractivity contribution in [2.75, 3.05) is 17.7 Å². The van der Waals surface area contributed by atoms with Crippen molar-refractivity contribution in [3.63, 3.8) is 0 Å². The van der Waals surface area contributed by atoms with E-state index in [9.17, 15) is 19.7 Å². The van der Waals surface area contributed by atoms with Gasteiger partial charge >= 0.3 is 0 Å². The number of thioether (sulfide) groups is 1. The zero-order chi connectivity index (χ0) is 24.9. The fourth-order valence-corrected chi connectivity index (χ4v) is 4.90. The molecule has 0 bridgehead atoms. The van der Waals surface area contributed by atoms with Crippen molar-refractivity contribution in [1.82, 2.24) is 4.98 Å². The van der Waals surface area contributed by atoms with E-state index in [4.69, 9.17) is 4.74 Å². The number of nitro benzene ring substituents is 1. The van der Waals surface area contributed by atoms with Crippen molar-refractivity contribution < 1.29 is 19.2 Å². The molecule has 9 nitrogen and oxygen atoms in total. The maximum Gasteiger partial charge on any atom is 0.270 e. The van der Waals surface area contributed by atoms with Crippen LogP contribution < -0.4 is 15.4 Å². The number of hydrogen-bond donors (Lipinski definition) is 2. The van der Waals surface area contributed by atoms with Gasteiger partial charge in [0, 0.05) is 28.3 Å². The third kappa shape index (κ3) is 5.94. The van der Waals surface area contributed by atoms with Crippen molar-refractivity contribution in [3.8, 4) is 5.75 Å². The number of nitrogens with zero attached hydrogens (tertiary/aromatic N) is 2. The first-order valence-corrected chi connectivity index (χ1v) is 12.1. The molecule has 1 heterocycles. The molecular weight excluding hydrogens is 488 g/mol. The minimum Gasteiger partial charge on any atom is -0.497 e. The highest BCUT2D eigenvalue weighted by atomic mass is 32.2. The molecule has 1 atom stereocenters. The molecule has 0 radical (unpaired) electrons. The summed E-state index contributed by atoms with van der Waals surface area (Å²) in [4.78, 5) is 40.7. The number of carbonyl (C=O) groups is 2. The Labute approximate surface area is 208 Å². The lowest BCUT2D eigenvalue weighted by Crippen LogP contribution is -2.22. The van der Waals surface area contributed by atoms with Crippen LogP contribution in [0.2, 0.25) is 0 Å². The summed E-state index contributed by atoms with van der Waals surface area (Å²) < 4.78 is 6.14. The Morgan fingerprint density at radius 2 is 1.86 bits per heavy atom. The third-order valence-electron chi connectivity index (χ3n) is 4.94. The Balaban J connectivity index is 1.34. The van der Waals surface area contributed by atoms with Crippen molar-refractivity contribution in [2.24, 2.45) is 0 Å². The molecule has 1 aromatic heterocycles. The lowest BCUT2D eigenvalue weighted by atomic mass is 10.2. The predicted octanol–water partition coefficient (Wildman–Crippen LogP) is 5.58. The standard InChI is InChI=1S/C24H20N4O5S2/c1-14(22(29)27-24-26-20-11-8-18(33-2)13-21(20)35-24)34-19-9-6-16(7-10-19)25-23(30)15-4-3-5-17(12-15)28(31)32/h3-14H,1-2H3,(H,25,30)(H,26,27,29). The van der Waals surface area contributed by atoms with Crippen molar-refractivity contribution in [1.29, 1.82) is 0 Å². The molecule has 11 heteroatoms. The van der Waals surface area contributed by atoms with Crippen molar-refractivity contribution >= 4 is 61.6 Å². The average Bonchev–Trinajstić information content (AvgIpc) is 3.26. The molecule has 4 rings (SSSR count). The molecule has 0 fully saturated rings. The first-order chi connectivity index (χ1) is 16.8. The maximum atomic E-state index is 12.7. The van der Waals surface area contributed by atoms with Crippen LogP contribution in [0.3, 0.4) is 0 Å². The summed E-state index contributed by atoms with van der Waals surface area (Å²) in [5, 5.41) is 16.6. The number of aromatic nitrogens is 1. The number of amides is 2. The van der Waals surface area contributed by atoms with Gasteiger partial charge in [-0.3, -0.25) is 19.7 Å². The number of anilines is 2. The highest BCUT2D eigenvalue weighted by molar-refractivity contribution is 8.00. The van der Waals surface area contributed by atoms with E-state index in [-0.39, 0.29) is 22.4 Å². The van der Waals surface area contributed by atoms with Crippen LogP contribution in [-0.2, 0) is 4.79 Å². The van der Waals surface area contributed by atoms with Gasteiger partial charge in [-0.15, -0.1) is 11.8 Å². The third-order valence-corrected chi connectivity index (χ3v) is 6.98. The molecule has 0 aliphatic carbocycles. The normalized spacial score (nSPS) is 11.6. The van der Waals surface area contributed by atoms with Crippen LogP contribution in [0, 0.1) is 10.1 Å². The summed E-state index contributed by atoms with van der Waals surface area (Å²) >= 11 is 2.75. The van der Waals surface area contributed by atoms with Gasteiger partial charge in [0.15, 0.2) is 5.13 Å². The fraction of sp³-hybridized carbons (Fsp3) is 0.125. The Bertz CT molecular complexity index is 1400. The smallest absolute Gasteiger partial charge is 0.270 e. The Hall–Kier alpha value is -3.96. The van der Waals surface area contributed by atoms with Gasteiger partial charge in [0.2, 0.25) is 5.91 Å². The minimum atomic E-state index is -0.548. The number of ether oxygens (including phenoxy) is 1. The number of methoxy groups -OCH3 is 1. The number of carbonyl (C=O) groups excluding carboxylic acids is 2. The number of thiazole rings is 1. The largest absolute Gasteiger partial charge is 0.497 e. The van der Waals surface area contributed by atoms with Gasteiger partial charge in [0.05, 0.1) is 27.5 Å². The Morgan fingerprint density at radius 3 is 2.57 bits per heavy atom. The molecule has 0 aliphatic rings. The Morgan fingerprint density at radius 1 is 1.09 bits per heavy atom. The predicted molar refractivity (Wildman–Crippen MR) is 138 cm³/mol. The van der Waals surface area contributed by atoms with Gasteiger partial charge in [-0.05, 0) is 55.5 Å². The maximum absolute atomic E-state index is 12.7. The van der Waals surface area contributed by atoms with Crippen LogP contribution in [-0.4, -0.2) is 34.1 Å². The molecule has 35 heavy (non-hydrogen) atoms. The zero-order valence-electron chi connectivity index (χ0n) is 18.7. The lowest BCUT2D eigenvalue weighted by molar-refractivity contribution is -0.384. The summed E-state index contributed by atoms with van der Waals surface area (Å²) in [6.45, 7) is 1.80. The summed E-state index contributed by atoms with van der Waals surface area (Å²) in [5.74, 6) is 0.104. The minimum absolute atomic E-state index is 0.151. The molecule has 3 aromatic carbocycles. The molecule has 0 saturated carbocycles. The van der Waals surface area contributed by atoms with E-state index in [0.717, 1.165) is 20.9 Å². The van der Waals surface area contributed by atoms with Crippen LogP contribution in [0.1, 0.15) is 17.3 Å². The van der Waals surface area contributed by atoms with Crippen LogP contribution >= 0.6 is 23.1 Å². The Kier molecular flexibility index (Phi) is 7.28. The molecule has 178 valence electrons. The molecule has 1 unspecified atom stereocenters. The van der Waals surface area contributed by atoms with Crippen LogP contribution in [0.4, 0.5) is 16.5 Å². The summed E-state index contributed by atoms with van der Waals surface area (Å²) in [7, 11) is 1.60. The number of hydrogen-bond acceptors (Lipinski definition) is 8.